The molecule has 0 radical (unpaired) electrons. The molecule has 5 nitrogen and oxygen atoms in total. The van der Waals surface area contributed by atoms with Crippen molar-refractivity contribution in [2.24, 2.45) is 4.99 Å². The van der Waals surface area contributed by atoms with Gasteiger partial charge in [0.1, 0.15) is 5.82 Å². The number of hydrogen-bond acceptors (Lipinski definition) is 5. The molecule has 3 heterocycles. The van der Waals surface area contributed by atoms with Crippen molar-refractivity contribution in [3.05, 3.63) is 87.6 Å². The molecule has 0 saturated heterocycles. The summed E-state index contributed by atoms with van der Waals surface area (Å²) < 4.78 is 40.8. The van der Waals surface area contributed by atoms with E-state index in [9.17, 15) is 13.2 Å². The minimum Gasteiger partial charge on any atom is -0.368 e. The van der Waals surface area contributed by atoms with Crippen molar-refractivity contribution in [2.75, 3.05) is 17.2 Å². The molecule has 2 N–H and O–H groups in total. The topological polar surface area (TPSA) is 67.4 Å². The highest BCUT2D eigenvalue weighted by atomic mass is 19.4. The minimum absolute atomic E-state index is 0.145. The van der Waals surface area contributed by atoms with Gasteiger partial charge in [-0.25, -0.2) is 4.98 Å². The van der Waals surface area contributed by atoms with Crippen molar-refractivity contribution in [2.45, 2.75) is 31.6 Å². The van der Waals surface area contributed by atoms with Crippen LogP contribution in [-0.2, 0) is 19.1 Å². The molecular formula is C25H20F3N5. The molecule has 1 aromatic heterocycles. The zero-order valence-corrected chi connectivity index (χ0v) is 17.6. The smallest absolute Gasteiger partial charge is 0.368 e. The molecule has 2 aromatic carbocycles. The average molecular weight is 447 g/mol. The first-order valence-corrected chi connectivity index (χ1v) is 10.8. The van der Waals surface area contributed by atoms with Gasteiger partial charge in [0, 0.05) is 12.8 Å². The number of rotatable bonds is 2. The number of nitrogens with two attached hydrogens (primary N) is 1. The van der Waals surface area contributed by atoms with Crippen molar-refractivity contribution < 1.29 is 13.2 Å². The number of benzene rings is 2. The summed E-state index contributed by atoms with van der Waals surface area (Å²) in [5.41, 5.74) is 12.2. The van der Waals surface area contributed by atoms with E-state index in [1.807, 2.05) is 12.1 Å². The molecule has 33 heavy (non-hydrogen) atoms. The number of alkyl halides is 3. The van der Waals surface area contributed by atoms with Crippen molar-refractivity contribution >= 4 is 23.6 Å². The number of aromatic nitrogens is 2. The SMILES string of the molecule is Nc1nc2c(c(N3CCC4=C(Cc5ccccc54)C3c3cccc(C(F)(F)F)c3)n1)C=NC2. The first-order valence-electron chi connectivity index (χ1n) is 10.8. The highest BCUT2D eigenvalue weighted by molar-refractivity contribution is 5.91. The third-order valence-electron chi connectivity index (χ3n) is 6.64. The molecule has 0 spiro atoms. The molecule has 6 rings (SSSR count). The lowest BCUT2D eigenvalue weighted by Gasteiger charge is -2.39. The van der Waals surface area contributed by atoms with E-state index in [4.69, 9.17) is 5.73 Å². The molecule has 8 heteroatoms. The van der Waals surface area contributed by atoms with E-state index >= 15 is 0 Å². The van der Waals surface area contributed by atoms with Gasteiger partial charge in [-0.15, -0.1) is 0 Å². The number of aliphatic imine (C=N–C) groups is 1. The van der Waals surface area contributed by atoms with Crippen LogP contribution in [0.4, 0.5) is 24.9 Å². The van der Waals surface area contributed by atoms with Gasteiger partial charge in [-0.2, -0.15) is 18.2 Å². The molecule has 1 atom stereocenters. The highest BCUT2D eigenvalue weighted by Gasteiger charge is 2.39. The molecule has 166 valence electrons. The summed E-state index contributed by atoms with van der Waals surface area (Å²) in [6.07, 6.45) is -1.21. The van der Waals surface area contributed by atoms with Crippen LogP contribution in [0.2, 0.25) is 0 Å². The molecule has 0 fully saturated rings. The van der Waals surface area contributed by atoms with E-state index in [-0.39, 0.29) is 5.95 Å². The molecule has 2 aliphatic heterocycles. The molecule has 0 saturated carbocycles. The number of anilines is 2. The lowest BCUT2D eigenvalue weighted by Crippen LogP contribution is -2.36. The number of halogens is 3. The summed E-state index contributed by atoms with van der Waals surface area (Å²) in [6.45, 7) is 1.03. The average Bonchev–Trinajstić information content (AvgIpc) is 3.41. The summed E-state index contributed by atoms with van der Waals surface area (Å²) in [5, 5.41) is 0. The van der Waals surface area contributed by atoms with Crippen molar-refractivity contribution in [1.82, 2.24) is 9.97 Å². The van der Waals surface area contributed by atoms with Crippen molar-refractivity contribution in [3.8, 4) is 0 Å². The van der Waals surface area contributed by atoms with E-state index in [1.165, 1.54) is 28.8 Å². The Kier molecular flexibility index (Phi) is 4.33. The van der Waals surface area contributed by atoms with E-state index in [0.29, 0.717) is 30.9 Å². The Bertz CT molecular complexity index is 1340. The van der Waals surface area contributed by atoms with E-state index in [0.717, 1.165) is 29.3 Å². The normalized spacial score (nSPS) is 19.0. The second-order valence-corrected chi connectivity index (χ2v) is 8.54. The molecule has 0 amide bonds. The van der Waals surface area contributed by atoms with Gasteiger partial charge in [-0.05, 0) is 52.8 Å². The molecule has 3 aromatic rings. The van der Waals surface area contributed by atoms with Crippen LogP contribution in [0.1, 0.15) is 46.0 Å². The van der Waals surface area contributed by atoms with Gasteiger partial charge in [0.05, 0.1) is 29.4 Å². The van der Waals surface area contributed by atoms with Crippen LogP contribution in [0.5, 0.6) is 0 Å². The third kappa shape index (κ3) is 3.20. The predicted molar refractivity (Wildman–Crippen MR) is 121 cm³/mol. The Hall–Kier alpha value is -3.68. The number of hydrogen-bond donors (Lipinski definition) is 1. The van der Waals surface area contributed by atoms with Crippen LogP contribution in [0, 0.1) is 0 Å². The number of fused-ring (bicyclic) bond motifs is 3. The zero-order valence-electron chi connectivity index (χ0n) is 17.6. The molecule has 1 unspecified atom stereocenters. The monoisotopic (exact) mass is 447 g/mol. The van der Waals surface area contributed by atoms with Crippen LogP contribution in [0.3, 0.4) is 0 Å². The van der Waals surface area contributed by atoms with Gasteiger partial charge >= 0.3 is 6.18 Å². The maximum atomic E-state index is 13.6. The van der Waals surface area contributed by atoms with Crippen LogP contribution in [0.25, 0.3) is 5.57 Å². The van der Waals surface area contributed by atoms with Gasteiger partial charge < -0.3 is 10.6 Å². The fraction of sp³-hybridized carbons (Fsp3) is 0.240. The minimum atomic E-state index is -4.42. The van der Waals surface area contributed by atoms with E-state index in [1.54, 1.807) is 12.3 Å². The predicted octanol–water partition coefficient (Wildman–Crippen LogP) is 4.97. The summed E-state index contributed by atoms with van der Waals surface area (Å²) in [7, 11) is 0. The fourth-order valence-electron chi connectivity index (χ4n) is 5.27. The highest BCUT2D eigenvalue weighted by Crippen LogP contribution is 2.49. The Balaban J connectivity index is 1.54. The first-order chi connectivity index (χ1) is 15.9. The third-order valence-corrected chi connectivity index (χ3v) is 6.64. The lowest BCUT2D eigenvalue weighted by atomic mass is 9.87. The maximum absolute atomic E-state index is 13.6. The summed E-state index contributed by atoms with van der Waals surface area (Å²) in [6, 6.07) is 13.4. The number of nitrogens with zero attached hydrogens (tertiary/aromatic N) is 4. The largest absolute Gasteiger partial charge is 0.416 e. The standard InChI is InChI=1S/C25H20F3N5/c26-25(27,28)16-6-3-5-15(10-16)22-19-11-14-4-1-2-7-17(14)18(19)8-9-33(22)23-20-12-30-13-21(20)31-24(29)32-23/h1-7,10,12,22H,8-9,11,13H2,(H2,29,31,32). The second-order valence-electron chi connectivity index (χ2n) is 8.54. The summed E-state index contributed by atoms with van der Waals surface area (Å²) in [5.74, 6) is 0.773. The van der Waals surface area contributed by atoms with Gasteiger partial charge in [-0.3, -0.25) is 4.99 Å². The van der Waals surface area contributed by atoms with Crippen LogP contribution in [-0.4, -0.2) is 22.7 Å². The van der Waals surface area contributed by atoms with Crippen molar-refractivity contribution in [3.63, 3.8) is 0 Å². The quantitative estimate of drug-likeness (QED) is 0.602. The van der Waals surface area contributed by atoms with Gasteiger partial charge in [0.25, 0.3) is 0 Å². The Labute approximate surface area is 188 Å². The van der Waals surface area contributed by atoms with Crippen LogP contribution >= 0.6 is 0 Å². The fourth-order valence-corrected chi connectivity index (χ4v) is 5.27. The first kappa shape index (κ1) is 20.0. The van der Waals surface area contributed by atoms with Gasteiger partial charge in [0.2, 0.25) is 5.95 Å². The molecule has 1 aliphatic carbocycles. The zero-order chi connectivity index (χ0) is 22.7. The summed E-state index contributed by atoms with van der Waals surface area (Å²) in [4.78, 5) is 15.2. The van der Waals surface area contributed by atoms with Gasteiger partial charge in [-0.1, -0.05) is 36.4 Å². The van der Waals surface area contributed by atoms with E-state index in [2.05, 4.69) is 32.0 Å². The van der Waals surface area contributed by atoms with Crippen molar-refractivity contribution in [1.29, 1.82) is 0 Å². The second kappa shape index (κ2) is 7.16. The molecular weight excluding hydrogens is 427 g/mol. The van der Waals surface area contributed by atoms with Crippen LogP contribution < -0.4 is 10.6 Å². The maximum Gasteiger partial charge on any atom is 0.416 e. The molecule has 3 aliphatic rings. The van der Waals surface area contributed by atoms with Gasteiger partial charge in [0.15, 0.2) is 0 Å². The molecule has 0 bridgehead atoms. The Morgan fingerprint density at radius 1 is 1.03 bits per heavy atom. The Morgan fingerprint density at radius 2 is 1.88 bits per heavy atom. The number of nitrogen functional groups attached to an aromatic ring is 1. The van der Waals surface area contributed by atoms with E-state index < -0.39 is 17.8 Å². The van der Waals surface area contributed by atoms with Crippen LogP contribution in [0.15, 0.2) is 59.1 Å². The summed E-state index contributed by atoms with van der Waals surface area (Å²) >= 11 is 0. The Morgan fingerprint density at radius 3 is 2.73 bits per heavy atom. The lowest BCUT2D eigenvalue weighted by molar-refractivity contribution is -0.137.